The highest BCUT2D eigenvalue weighted by Crippen LogP contribution is 2.34. The number of para-hydroxylation sites is 1. The summed E-state index contributed by atoms with van der Waals surface area (Å²) < 4.78 is 11.6. The van der Waals surface area contributed by atoms with Crippen LogP contribution in [0.25, 0.3) is 32.7 Å². The SMILES string of the molecule is Cc1ncsc1-c1ccc(CNC(=O)[C@@H]2C[C@@H](O)CN2C(=O)[C@@H](c2cc(OCCN3CC(c4cc5cc(-c6ccccc6O)nnc5[nH]4)C3)no2)C(C)C)cc1. The number of nitrogens with zero attached hydrogens (tertiary/aromatic N) is 6. The molecule has 4 aromatic heterocycles. The van der Waals surface area contributed by atoms with Crippen molar-refractivity contribution in [1.29, 1.82) is 0 Å². The summed E-state index contributed by atoms with van der Waals surface area (Å²) in [5, 5.41) is 37.5. The van der Waals surface area contributed by atoms with Gasteiger partial charge >= 0.3 is 0 Å². The van der Waals surface area contributed by atoms with E-state index in [4.69, 9.17) is 9.26 Å². The Morgan fingerprint density at radius 2 is 1.88 bits per heavy atom. The number of hydrogen-bond acceptors (Lipinski definition) is 12. The zero-order valence-electron chi connectivity index (χ0n) is 31.4. The summed E-state index contributed by atoms with van der Waals surface area (Å²) in [5.41, 5.74) is 7.86. The third-order valence-corrected chi connectivity index (χ3v) is 11.6. The topological polar surface area (TPSA) is 183 Å². The Balaban J connectivity index is 0.828. The fourth-order valence-corrected chi connectivity index (χ4v) is 8.40. The molecule has 56 heavy (non-hydrogen) atoms. The van der Waals surface area contributed by atoms with Crippen LogP contribution in [-0.2, 0) is 16.1 Å². The molecule has 2 saturated heterocycles. The Morgan fingerprint density at radius 3 is 2.62 bits per heavy atom. The molecule has 2 fully saturated rings. The Kier molecular flexibility index (Phi) is 10.6. The molecule has 0 saturated carbocycles. The number of likely N-dealkylation sites (tertiary alicyclic amines) is 2. The molecule has 290 valence electrons. The van der Waals surface area contributed by atoms with Crippen LogP contribution in [-0.4, -0.2) is 102 Å². The summed E-state index contributed by atoms with van der Waals surface area (Å²) in [4.78, 5) is 40.0. The molecule has 0 aliphatic carbocycles. The monoisotopic (exact) mass is 776 g/mol. The third kappa shape index (κ3) is 7.74. The molecule has 0 radical (unpaired) electrons. The molecular weight excluding hydrogens is 733 g/mol. The molecule has 0 unspecified atom stereocenters. The quantitative estimate of drug-likeness (QED) is 0.120. The number of benzene rings is 2. The number of phenolic OH excluding ortho intramolecular Hbond substituents is 1. The number of H-pyrrole nitrogens is 1. The molecule has 15 heteroatoms. The van der Waals surface area contributed by atoms with Gasteiger partial charge in [-0.3, -0.25) is 14.5 Å². The van der Waals surface area contributed by atoms with E-state index in [0.717, 1.165) is 45.9 Å². The smallest absolute Gasteiger partial charge is 0.254 e. The molecule has 0 bridgehead atoms. The largest absolute Gasteiger partial charge is 0.507 e. The summed E-state index contributed by atoms with van der Waals surface area (Å²) in [6, 6.07) is 19.9. The van der Waals surface area contributed by atoms with E-state index in [1.807, 2.05) is 68.7 Å². The van der Waals surface area contributed by atoms with Gasteiger partial charge in [-0.05, 0) is 53.4 Å². The van der Waals surface area contributed by atoms with Crippen LogP contribution in [0.3, 0.4) is 0 Å². The zero-order valence-corrected chi connectivity index (χ0v) is 32.2. The summed E-state index contributed by atoms with van der Waals surface area (Å²) in [7, 11) is 0. The predicted octanol–water partition coefficient (Wildman–Crippen LogP) is 5.25. The minimum atomic E-state index is -0.813. The minimum Gasteiger partial charge on any atom is -0.507 e. The van der Waals surface area contributed by atoms with Gasteiger partial charge in [0.25, 0.3) is 5.88 Å². The van der Waals surface area contributed by atoms with E-state index < -0.39 is 18.1 Å². The minimum absolute atomic E-state index is 0.0581. The first-order valence-electron chi connectivity index (χ1n) is 18.8. The number of aryl methyl sites for hydroxylation is 1. The first-order valence-corrected chi connectivity index (χ1v) is 19.7. The van der Waals surface area contributed by atoms with Gasteiger partial charge in [0.15, 0.2) is 11.4 Å². The Hall–Kier alpha value is -5.64. The number of hydrogen-bond donors (Lipinski definition) is 4. The number of thiazole rings is 1. The summed E-state index contributed by atoms with van der Waals surface area (Å²) in [6.45, 7) is 8.92. The number of amides is 2. The molecule has 4 N–H and O–H groups in total. The van der Waals surface area contributed by atoms with Gasteiger partial charge in [-0.1, -0.05) is 50.2 Å². The van der Waals surface area contributed by atoms with Crippen molar-refractivity contribution < 1.29 is 29.1 Å². The van der Waals surface area contributed by atoms with Gasteiger partial charge in [0.2, 0.25) is 11.8 Å². The van der Waals surface area contributed by atoms with Crippen LogP contribution < -0.4 is 10.1 Å². The summed E-state index contributed by atoms with van der Waals surface area (Å²) >= 11 is 1.59. The van der Waals surface area contributed by atoms with Crippen LogP contribution >= 0.6 is 11.3 Å². The van der Waals surface area contributed by atoms with Crippen molar-refractivity contribution >= 4 is 34.2 Å². The van der Waals surface area contributed by atoms with E-state index in [2.05, 4.69) is 41.6 Å². The number of fused-ring (bicyclic) bond motifs is 1. The standard InChI is InChI=1S/C41H44N8O6S/c1-23(2)37(41(53)49-21-29(50)16-33(49)40(52)42-18-25-8-10-26(11-9-25)38-24(3)43-22-56-38)35-17-36(47-55-35)54-13-12-48-19-28(20-48)31-14-27-15-32(45-46-39(27)44-31)30-6-4-5-7-34(30)51/h4-11,14-15,17,22-23,28-29,33,37,50-51H,12-13,16,18-21H2,1-3H3,(H,42,52)(H,44,46)/t29-,33+,37-/m1/s1. The Morgan fingerprint density at radius 1 is 1.07 bits per heavy atom. The van der Waals surface area contributed by atoms with Crippen molar-refractivity contribution in [3.05, 3.63) is 95.0 Å². The number of carbonyl (C=O) groups excluding carboxylic acids is 2. The lowest BCUT2D eigenvalue weighted by Crippen LogP contribution is -2.48. The number of β-amino-alcohol motifs (C(OH)–C–C–N with tert-alkyl or cyclic N) is 1. The van der Waals surface area contributed by atoms with E-state index in [9.17, 15) is 19.8 Å². The van der Waals surface area contributed by atoms with Crippen molar-refractivity contribution in [2.45, 2.75) is 57.7 Å². The van der Waals surface area contributed by atoms with Gasteiger partial charge in [0.05, 0.1) is 27.9 Å². The number of aliphatic hydroxyl groups excluding tert-OH is 1. The van der Waals surface area contributed by atoms with Crippen LogP contribution in [0.5, 0.6) is 11.6 Å². The number of ether oxygens (including phenoxy) is 1. The first-order chi connectivity index (χ1) is 27.1. The van der Waals surface area contributed by atoms with Gasteiger partial charge in [-0.2, -0.15) is 0 Å². The maximum absolute atomic E-state index is 14.0. The maximum atomic E-state index is 14.0. The van der Waals surface area contributed by atoms with E-state index in [0.29, 0.717) is 48.3 Å². The molecule has 2 aliphatic heterocycles. The number of aromatic nitrogens is 5. The molecule has 3 atom stereocenters. The van der Waals surface area contributed by atoms with E-state index in [1.165, 1.54) is 4.90 Å². The third-order valence-electron chi connectivity index (χ3n) is 10.7. The maximum Gasteiger partial charge on any atom is 0.254 e. The molecule has 14 nitrogen and oxygen atoms in total. The molecular formula is C41H44N8O6S. The average molecular weight is 777 g/mol. The lowest BCUT2D eigenvalue weighted by molar-refractivity contribution is -0.141. The Labute approximate surface area is 327 Å². The molecule has 8 rings (SSSR count). The Bertz CT molecular complexity index is 2330. The molecule has 2 aromatic carbocycles. The van der Waals surface area contributed by atoms with Crippen LogP contribution in [0.2, 0.25) is 0 Å². The van der Waals surface area contributed by atoms with Gasteiger partial charge < -0.3 is 34.7 Å². The van der Waals surface area contributed by atoms with Crippen LogP contribution in [0.4, 0.5) is 0 Å². The first kappa shape index (κ1) is 37.3. The van der Waals surface area contributed by atoms with Crippen LogP contribution in [0.1, 0.15) is 54.8 Å². The number of nitrogens with one attached hydrogen (secondary N) is 2. The van der Waals surface area contributed by atoms with Gasteiger partial charge in [-0.25, -0.2) is 4.98 Å². The highest BCUT2D eigenvalue weighted by atomic mass is 32.1. The second kappa shape index (κ2) is 15.8. The number of carbonyl (C=O) groups is 2. The van der Waals surface area contributed by atoms with Crippen molar-refractivity contribution in [3.8, 4) is 33.3 Å². The second-order valence-corrected chi connectivity index (χ2v) is 15.8. The van der Waals surface area contributed by atoms with Gasteiger partial charge in [0.1, 0.15) is 24.3 Å². The number of phenols is 1. The predicted molar refractivity (Wildman–Crippen MR) is 210 cm³/mol. The molecule has 2 aliphatic rings. The lowest BCUT2D eigenvalue weighted by Gasteiger charge is -2.38. The number of aromatic amines is 1. The number of rotatable bonds is 13. The second-order valence-electron chi connectivity index (χ2n) is 14.9. The van der Waals surface area contributed by atoms with Gasteiger partial charge in [0, 0.05) is 67.8 Å². The fraction of sp³-hybridized carbons (Fsp3) is 0.366. The molecule has 0 spiro atoms. The van der Waals surface area contributed by atoms with Crippen LogP contribution in [0.15, 0.2) is 76.8 Å². The summed E-state index contributed by atoms with van der Waals surface area (Å²) in [5.74, 6) is -0.371. The van der Waals surface area contributed by atoms with Crippen molar-refractivity contribution in [2.24, 2.45) is 5.92 Å². The zero-order chi connectivity index (χ0) is 38.9. The summed E-state index contributed by atoms with van der Waals surface area (Å²) in [6.07, 6.45) is -0.657. The van der Waals surface area contributed by atoms with E-state index in [1.54, 1.807) is 29.5 Å². The van der Waals surface area contributed by atoms with Crippen LogP contribution in [0, 0.1) is 12.8 Å². The highest BCUT2D eigenvalue weighted by Gasteiger charge is 2.43. The molecule has 2 amide bonds. The lowest BCUT2D eigenvalue weighted by atomic mass is 9.91. The fourth-order valence-electron chi connectivity index (χ4n) is 7.59. The molecule has 6 heterocycles. The van der Waals surface area contributed by atoms with Crippen molar-refractivity contribution in [3.63, 3.8) is 0 Å². The number of aliphatic hydroxyl groups is 1. The normalized spacial score (nSPS) is 18.1. The highest BCUT2D eigenvalue weighted by molar-refractivity contribution is 7.13. The van der Waals surface area contributed by atoms with E-state index in [-0.39, 0.29) is 42.3 Å². The van der Waals surface area contributed by atoms with E-state index >= 15 is 0 Å². The number of aromatic hydroxyl groups is 1. The average Bonchev–Trinajstić information content (AvgIpc) is 3.99. The molecule has 6 aromatic rings. The van der Waals surface area contributed by atoms with Crippen molar-refractivity contribution in [2.75, 3.05) is 32.8 Å². The van der Waals surface area contributed by atoms with Crippen molar-refractivity contribution in [1.82, 2.24) is 40.4 Å². The van der Waals surface area contributed by atoms with Gasteiger partial charge in [-0.15, -0.1) is 21.5 Å².